The molecule has 0 amide bonds. The number of unbranched alkanes of at least 4 members (excludes halogenated alkanes) is 1. The van der Waals surface area contributed by atoms with E-state index in [0.29, 0.717) is 41.7 Å². The molecule has 10 heteroatoms. The van der Waals surface area contributed by atoms with Crippen LogP contribution in [0.15, 0.2) is 85.5 Å². The molecule has 0 atom stereocenters. The van der Waals surface area contributed by atoms with Crippen molar-refractivity contribution in [2.24, 2.45) is 0 Å². The maximum atomic E-state index is 15.1. The molecule has 4 aromatic carbocycles. The summed E-state index contributed by atoms with van der Waals surface area (Å²) in [5.74, 6) is -4.48. The Balaban J connectivity index is 1.25. The Labute approximate surface area is 269 Å². The molecule has 248 valence electrons. The molecule has 5 rings (SSSR count). The van der Waals surface area contributed by atoms with Crippen molar-refractivity contribution in [1.29, 1.82) is 0 Å². The van der Waals surface area contributed by atoms with Crippen LogP contribution in [-0.2, 0) is 26.7 Å². The van der Waals surface area contributed by atoms with Crippen LogP contribution < -0.4 is 4.74 Å². The Hall–Kier alpha value is -4.12. The molecule has 1 heterocycles. The van der Waals surface area contributed by atoms with Crippen LogP contribution in [0.3, 0.4) is 0 Å². The van der Waals surface area contributed by atoms with Gasteiger partial charge in [-0.2, -0.15) is 8.78 Å². The Morgan fingerprint density at radius 1 is 0.809 bits per heavy atom. The van der Waals surface area contributed by atoms with Crippen LogP contribution in [0.5, 0.6) is 5.75 Å². The minimum atomic E-state index is -4.37. The second kappa shape index (κ2) is 15.2. The summed E-state index contributed by atoms with van der Waals surface area (Å²) in [6, 6.07) is 15.5. The fraction of sp³-hybridized carbons (Fsp3) is 0.297. The maximum absolute atomic E-state index is 15.1. The number of halogens is 6. The van der Waals surface area contributed by atoms with Crippen molar-refractivity contribution < 1.29 is 45.3 Å². The molecule has 0 aromatic heterocycles. The van der Waals surface area contributed by atoms with E-state index in [1.54, 1.807) is 24.3 Å². The molecule has 47 heavy (non-hydrogen) atoms. The zero-order chi connectivity index (χ0) is 33.6. The van der Waals surface area contributed by atoms with Crippen LogP contribution in [0, 0.1) is 23.3 Å². The molecule has 0 spiro atoms. The first-order valence-corrected chi connectivity index (χ1v) is 15.3. The predicted molar refractivity (Wildman–Crippen MR) is 166 cm³/mol. The number of hydrogen-bond donors (Lipinski definition) is 0. The molecule has 1 aliphatic heterocycles. The summed E-state index contributed by atoms with van der Waals surface area (Å²) in [5.41, 5.74) is 0.291. The topological polar surface area (TPSA) is 36.9 Å². The fourth-order valence-electron chi connectivity index (χ4n) is 5.19. The van der Waals surface area contributed by atoms with Crippen molar-refractivity contribution in [3.05, 3.63) is 125 Å². The van der Waals surface area contributed by atoms with Gasteiger partial charge < -0.3 is 18.9 Å². The predicted octanol–water partition coefficient (Wildman–Crippen LogP) is 10.1. The highest BCUT2D eigenvalue weighted by Crippen LogP contribution is 2.38. The summed E-state index contributed by atoms with van der Waals surface area (Å²) < 4.78 is 111. The van der Waals surface area contributed by atoms with E-state index in [0.717, 1.165) is 25.0 Å². The Kier molecular flexibility index (Phi) is 11.1. The van der Waals surface area contributed by atoms with Gasteiger partial charge in [0.25, 0.3) is 0 Å². The first-order valence-electron chi connectivity index (χ1n) is 15.3. The van der Waals surface area contributed by atoms with Gasteiger partial charge in [0.2, 0.25) is 0 Å². The van der Waals surface area contributed by atoms with Crippen molar-refractivity contribution in [2.45, 2.75) is 51.1 Å². The van der Waals surface area contributed by atoms with Gasteiger partial charge in [-0.1, -0.05) is 55.8 Å². The van der Waals surface area contributed by atoms with E-state index in [1.807, 2.05) is 6.92 Å². The quantitative estimate of drug-likeness (QED) is 0.0816. The van der Waals surface area contributed by atoms with Crippen LogP contribution in [-0.4, -0.2) is 25.9 Å². The number of alkyl halides is 2. The van der Waals surface area contributed by atoms with Crippen LogP contribution in [0.4, 0.5) is 26.3 Å². The summed E-state index contributed by atoms with van der Waals surface area (Å²) in [4.78, 5) is 0. The highest BCUT2D eigenvalue weighted by Gasteiger charge is 2.42. The molecule has 1 saturated heterocycles. The molecule has 1 aliphatic rings. The van der Waals surface area contributed by atoms with Crippen molar-refractivity contribution in [3.63, 3.8) is 0 Å². The van der Waals surface area contributed by atoms with Crippen LogP contribution in [0.2, 0.25) is 0 Å². The van der Waals surface area contributed by atoms with Gasteiger partial charge >= 0.3 is 6.11 Å². The summed E-state index contributed by atoms with van der Waals surface area (Å²) in [6.07, 6.45) is -1.24. The molecule has 1 fully saturated rings. The van der Waals surface area contributed by atoms with Gasteiger partial charge in [0.05, 0.1) is 13.2 Å². The van der Waals surface area contributed by atoms with E-state index in [-0.39, 0.29) is 36.2 Å². The standard InChI is InChI=1S/C37H34F6O4/c1-3-5-7-24-8-9-26(18-31(24)38)30-15-12-25(17-32(30)39)23-10-13-28(14-11-23)47-37(42,43)35-33(40)19-27(20-34(35)41)36-45-21-29(22-46-36)44-16-6-4-2/h3,8-15,17-20,29,36H,1,4-7,16,21-22H2,2H3. The van der Waals surface area contributed by atoms with E-state index >= 15 is 13.2 Å². The lowest BCUT2D eigenvalue weighted by molar-refractivity contribution is -0.230. The highest BCUT2D eigenvalue weighted by molar-refractivity contribution is 5.71. The van der Waals surface area contributed by atoms with E-state index in [2.05, 4.69) is 6.58 Å². The van der Waals surface area contributed by atoms with Gasteiger partial charge in [0.15, 0.2) is 6.29 Å². The van der Waals surface area contributed by atoms with E-state index in [1.165, 1.54) is 42.5 Å². The molecule has 0 radical (unpaired) electrons. The third-order valence-electron chi connectivity index (χ3n) is 7.73. The molecular weight excluding hydrogens is 622 g/mol. The number of allylic oxidation sites excluding steroid dienone is 1. The first kappa shape index (κ1) is 34.2. The normalized spacial score (nSPS) is 16.7. The molecule has 4 nitrogen and oxygen atoms in total. The highest BCUT2D eigenvalue weighted by atomic mass is 19.3. The Morgan fingerprint density at radius 2 is 1.45 bits per heavy atom. The summed E-state index contributed by atoms with van der Waals surface area (Å²) >= 11 is 0. The van der Waals surface area contributed by atoms with Crippen LogP contribution in [0.25, 0.3) is 22.3 Å². The fourth-order valence-corrected chi connectivity index (χ4v) is 5.19. The van der Waals surface area contributed by atoms with Crippen LogP contribution >= 0.6 is 0 Å². The number of rotatable bonds is 13. The molecule has 0 unspecified atom stereocenters. The molecule has 0 bridgehead atoms. The van der Waals surface area contributed by atoms with Crippen molar-refractivity contribution in [3.8, 4) is 28.0 Å². The Bertz CT molecular complexity index is 1660. The lowest BCUT2D eigenvalue weighted by atomic mass is 9.98. The van der Waals surface area contributed by atoms with Gasteiger partial charge in [-0.3, -0.25) is 0 Å². The molecule has 0 N–H and O–H groups in total. The van der Waals surface area contributed by atoms with E-state index in [9.17, 15) is 13.2 Å². The third-order valence-corrected chi connectivity index (χ3v) is 7.73. The third kappa shape index (κ3) is 8.25. The SMILES string of the molecule is C=CCCc1ccc(-c2ccc(-c3ccc(OC(F)(F)c4c(F)cc(C5OCC(OCCCC)CO5)cc4F)cc3)cc2F)cc1F. The first-order chi connectivity index (χ1) is 22.6. The summed E-state index contributed by atoms with van der Waals surface area (Å²) in [7, 11) is 0. The molecule has 0 saturated carbocycles. The minimum Gasteiger partial charge on any atom is -0.429 e. The average Bonchev–Trinajstić information content (AvgIpc) is 3.04. The number of hydrogen-bond acceptors (Lipinski definition) is 4. The van der Waals surface area contributed by atoms with Gasteiger partial charge in [-0.25, -0.2) is 17.6 Å². The van der Waals surface area contributed by atoms with Crippen molar-refractivity contribution >= 4 is 0 Å². The van der Waals surface area contributed by atoms with Gasteiger partial charge in [-0.15, -0.1) is 6.58 Å². The minimum absolute atomic E-state index is 0.0974. The zero-order valence-electron chi connectivity index (χ0n) is 25.7. The Morgan fingerprint density at radius 3 is 2.06 bits per heavy atom. The summed E-state index contributed by atoms with van der Waals surface area (Å²) in [6.45, 7) is 6.42. The smallest absolute Gasteiger partial charge is 0.429 e. The summed E-state index contributed by atoms with van der Waals surface area (Å²) in [5, 5.41) is 0. The number of ether oxygens (including phenoxy) is 4. The van der Waals surface area contributed by atoms with Crippen molar-refractivity contribution in [1.82, 2.24) is 0 Å². The average molecular weight is 657 g/mol. The molecule has 0 aliphatic carbocycles. The lowest BCUT2D eigenvalue weighted by Gasteiger charge is -2.30. The monoisotopic (exact) mass is 656 g/mol. The second-order valence-corrected chi connectivity index (χ2v) is 11.2. The van der Waals surface area contributed by atoms with E-state index < -0.39 is 41.2 Å². The lowest BCUT2D eigenvalue weighted by Crippen LogP contribution is -2.34. The molecule has 4 aromatic rings. The molecular formula is C37H34F6O4. The van der Waals surface area contributed by atoms with Crippen LogP contribution in [0.1, 0.15) is 49.2 Å². The van der Waals surface area contributed by atoms with Gasteiger partial charge in [0, 0.05) is 17.7 Å². The largest absolute Gasteiger partial charge is 0.432 e. The maximum Gasteiger partial charge on any atom is 0.432 e. The number of aryl methyl sites for hydroxylation is 1. The van der Waals surface area contributed by atoms with E-state index in [4.69, 9.17) is 18.9 Å². The van der Waals surface area contributed by atoms with Crippen molar-refractivity contribution in [2.75, 3.05) is 19.8 Å². The zero-order valence-corrected chi connectivity index (χ0v) is 25.7. The number of benzene rings is 4. The van der Waals surface area contributed by atoms with Gasteiger partial charge in [-0.05, 0) is 77.9 Å². The van der Waals surface area contributed by atoms with Gasteiger partial charge in [0.1, 0.15) is 40.7 Å². The second-order valence-electron chi connectivity index (χ2n) is 11.2.